The van der Waals surface area contributed by atoms with E-state index in [0.29, 0.717) is 11.1 Å². The van der Waals surface area contributed by atoms with Crippen LogP contribution < -0.4 is 5.48 Å². The molecule has 0 saturated carbocycles. The van der Waals surface area contributed by atoms with Gasteiger partial charge in [-0.05, 0) is 18.2 Å². The second-order valence-electron chi connectivity index (χ2n) is 3.57. The second kappa shape index (κ2) is 7.17. The van der Waals surface area contributed by atoms with Crippen LogP contribution in [0, 0.1) is 17.3 Å². The number of amidine groups is 1. The lowest BCUT2D eigenvalue weighted by Gasteiger charge is -2.00. The maximum Gasteiger partial charge on any atom is 0.150 e. The van der Waals surface area contributed by atoms with Crippen molar-refractivity contribution < 1.29 is 5.21 Å². The van der Waals surface area contributed by atoms with Gasteiger partial charge in [-0.1, -0.05) is 30.0 Å². The van der Waals surface area contributed by atoms with E-state index >= 15 is 0 Å². The van der Waals surface area contributed by atoms with Gasteiger partial charge in [0.25, 0.3) is 0 Å². The Hall–Kier alpha value is -2.35. The summed E-state index contributed by atoms with van der Waals surface area (Å²) < 4.78 is 0. The van der Waals surface area contributed by atoms with Crippen molar-refractivity contribution in [3.05, 3.63) is 65.5 Å². The summed E-state index contributed by atoms with van der Waals surface area (Å²) in [6.45, 7) is 0. The molecule has 1 aromatic carbocycles. The van der Waals surface area contributed by atoms with Crippen molar-refractivity contribution in [2.24, 2.45) is 0 Å². The average Bonchev–Trinajstić information content (AvgIpc) is 2.45. The van der Waals surface area contributed by atoms with Crippen LogP contribution in [0.1, 0.15) is 16.7 Å². The normalized spacial score (nSPS) is 8.68. The van der Waals surface area contributed by atoms with Crippen LogP contribution in [0.4, 0.5) is 0 Å². The monoisotopic (exact) mass is 273 g/mol. The van der Waals surface area contributed by atoms with Gasteiger partial charge < -0.3 is 0 Å². The summed E-state index contributed by atoms with van der Waals surface area (Å²) in [5, 5.41) is 16.1. The molecule has 3 N–H and O–H groups in total. The minimum Gasteiger partial charge on any atom is -0.290 e. The predicted molar refractivity (Wildman–Crippen MR) is 75.7 cm³/mol. The van der Waals surface area contributed by atoms with Crippen LogP contribution in [0.2, 0.25) is 0 Å². The molecular formula is C14H12ClN3O. The first kappa shape index (κ1) is 14.7. The van der Waals surface area contributed by atoms with Gasteiger partial charge in [0, 0.05) is 29.1 Å². The number of halogens is 1. The van der Waals surface area contributed by atoms with Gasteiger partial charge in [-0.15, -0.1) is 12.4 Å². The van der Waals surface area contributed by atoms with E-state index in [9.17, 15) is 0 Å². The van der Waals surface area contributed by atoms with Crippen LogP contribution in [0.5, 0.6) is 0 Å². The Morgan fingerprint density at radius 2 is 1.79 bits per heavy atom. The molecule has 0 atom stereocenters. The minimum atomic E-state index is -0.106. The number of pyridine rings is 1. The van der Waals surface area contributed by atoms with Crippen LogP contribution in [-0.4, -0.2) is 16.0 Å². The number of nitrogens with zero attached hydrogens (tertiary/aromatic N) is 1. The van der Waals surface area contributed by atoms with Crippen molar-refractivity contribution in [1.29, 1.82) is 5.41 Å². The van der Waals surface area contributed by atoms with Gasteiger partial charge in [-0.2, -0.15) is 0 Å². The minimum absolute atomic E-state index is 0. The predicted octanol–water partition coefficient (Wildman–Crippen LogP) is 2.21. The standard InChI is InChI=1S/C14H11N3O.ClH/c15-14(17-18)13-8-12(9-16-10-13)7-6-11-4-2-1-3-5-11;/h1-5,8-10,18H,(H2,15,17);1H. The van der Waals surface area contributed by atoms with E-state index in [1.165, 1.54) is 6.20 Å². The second-order valence-corrected chi connectivity index (χ2v) is 3.57. The molecule has 0 fully saturated rings. The zero-order valence-corrected chi connectivity index (χ0v) is 10.7. The largest absolute Gasteiger partial charge is 0.290 e. The smallest absolute Gasteiger partial charge is 0.150 e. The summed E-state index contributed by atoms with van der Waals surface area (Å²) in [6.07, 6.45) is 3.10. The zero-order chi connectivity index (χ0) is 12.8. The highest BCUT2D eigenvalue weighted by Gasteiger charge is 2.00. The van der Waals surface area contributed by atoms with Gasteiger partial charge in [0.05, 0.1) is 0 Å². The SMILES string of the molecule is Cl.N=C(NO)c1cncc(C#Cc2ccccc2)c1. The lowest BCUT2D eigenvalue weighted by atomic mass is 10.1. The maximum absolute atomic E-state index is 8.65. The number of rotatable bonds is 1. The molecule has 1 aromatic heterocycles. The van der Waals surface area contributed by atoms with Crippen LogP contribution in [0.25, 0.3) is 0 Å². The Balaban J connectivity index is 0.00000180. The van der Waals surface area contributed by atoms with Crippen LogP contribution in [-0.2, 0) is 0 Å². The number of aromatic nitrogens is 1. The summed E-state index contributed by atoms with van der Waals surface area (Å²) in [5.74, 6) is 5.86. The molecule has 0 aliphatic heterocycles. The molecule has 0 unspecified atom stereocenters. The molecule has 1 heterocycles. The zero-order valence-electron chi connectivity index (χ0n) is 9.92. The lowest BCUT2D eigenvalue weighted by Crippen LogP contribution is -2.18. The van der Waals surface area contributed by atoms with E-state index in [2.05, 4.69) is 16.8 Å². The van der Waals surface area contributed by atoms with Crippen LogP contribution >= 0.6 is 12.4 Å². The maximum atomic E-state index is 8.65. The number of nitrogens with one attached hydrogen (secondary N) is 2. The Morgan fingerprint density at radius 1 is 1.11 bits per heavy atom. The quantitative estimate of drug-likeness (QED) is 0.323. The van der Waals surface area contributed by atoms with Crippen molar-refractivity contribution in [1.82, 2.24) is 10.5 Å². The fraction of sp³-hybridized carbons (Fsp3) is 0. The Labute approximate surface area is 117 Å². The van der Waals surface area contributed by atoms with Gasteiger partial charge in [-0.3, -0.25) is 21.1 Å². The van der Waals surface area contributed by atoms with Crippen molar-refractivity contribution in [3.63, 3.8) is 0 Å². The average molecular weight is 274 g/mol. The molecule has 0 bridgehead atoms. The molecule has 19 heavy (non-hydrogen) atoms. The molecule has 0 aliphatic rings. The third-order valence-corrected chi connectivity index (χ3v) is 2.26. The van der Waals surface area contributed by atoms with E-state index in [-0.39, 0.29) is 18.2 Å². The van der Waals surface area contributed by atoms with Crippen molar-refractivity contribution in [3.8, 4) is 11.8 Å². The fourth-order valence-corrected chi connectivity index (χ4v) is 1.38. The van der Waals surface area contributed by atoms with Crippen molar-refractivity contribution in [2.45, 2.75) is 0 Å². The summed E-state index contributed by atoms with van der Waals surface area (Å²) in [7, 11) is 0. The van der Waals surface area contributed by atoms with Gasteiger partial charge in [0.1, 0.15) is 0 Å². The molecule has 4 nitrogen and oxygen atoms in total. The Morgan fingerprint density at radius 3 is 2.47 bits per heavy atom. The van der Waals surface area contributed by atoms with E-state index in [1.54, 1.807) is 17.7 Å². The molecule has 2 rings (SSSR count). The topological polar surface area (TPSA) is 69.0 Å². The number of hydrogen-bond donors (Lipinski definition) is 3. The summed E-state index contributed by atoms with van der Waals surface area (Å²) >= 11 is 0. The van der Waals surface area contributed by atoms with Crippen molar-refractivity contribution in [2.75, 3.05) is 0 Å². The van der Waals surface area contributed by atoms with Crippen molar-refractivity contribution >= 4 is 18.2 Å². The highest BCUT2D eigenvalue weighted by atomic mass is 35.5. The first-order valence-electron chi connectivity index (χ1n) is 5.31. The number of hydrogen-bond acceptors (Lipinski definition) is 3. The number of hydroxylamine groups is 1. The molecule has 0 saturated heterocycles. The first-order valence-corrected chi connectivity index (χ1v) is 5.31. The summed E-state index contributed by atoms with van der Waals surface area (Å²) in [5.41, 5.74) is 3.87. The van der Waals surface area contributed by atoms with Gasteiger partial charge in [0.15, 0.2) is 5.84 Å². The van der Waals surface area contributed by atoms with E-state index < -0.39 is 0 Å². The molecule has 0 spiro atoms. The van der Waals surface area contributed by atoms with Gasteiger partial charge in [-0.25, -0.2) is 0 Å². The molecule has 0 aliphatic carbocycles. The first-order chi connectivity index (χ1) is 8.79. The third kappa shape index (κ3) is 4.11. The fourth-order valence-electron chi connectivity index (χ4n) is 1.38. The lowest BCUT2D eigenvalue weighted by molar-refractivity contribution is 0.234. The van der Waals surface area contributed by atoms with Crippen LogP contribution in [0.3, 0.4) is 0 Å². The Bertz CT molecular complexity index is 617. The molecule has 96 valence electrons. The Kier molecular flexibility index (Phi) is 5.55. The van der Waals surface area contributed by atoms with Crippen LogP contribution in [0.15, 0.2) is 48.8 Å². The molecule has 5 heteroatoms. The van der Waals surface area contributed by atoms with E-state index in [1.807, 2.05) is 30.3 Å². The highest BCUT2D eigenvalue weighted by Crippen LogP contribution is 2.02. The molecule has 0 radical (unpaired) electrons. The van der Waals surface area contributed by atoms with E-state index in [4.69, 9.17) is 10.6 Å². The molecule has 0 amide bonds. The highest BCUT2D eigenvalue weighted by molar-refractivity contribution is 5.95. The van der Waals surface area contributed by atoms with Gasteiger partial charge in [0.2, 0.25) is 0 Å². The van der Waals surface area contributed by atoms with Gasteiger partial charge >= 0.3 is 0 Å². The number of benzene rings is 1. The third-order valence-electron chi connectivity index (χ3n) is 2.26. The molecular weight excluding hydrogens is 262 g/mol. The summed E-state index contributed by atoms with van der Waals surface area (Å²) in [4.78, 5) is 3.97. The summed E-state index contributed by atoms with van der Waals surface area (Å²) in [6, 6.07) is 11.3. The van der Waals surface area contributed by atoms with E-state index in [0.717, 1.165) is 5.56 Å². The molecule has 2 aromatic rings.